The lowest BCUT2D eigenvalue weighted by Crippen LogP contribution is -2.34. The van der Waals surface area contributed by atoms with Crippen LogP contribution in [0, 0.1) is 6.92 Å². The fourth-order valence-corrected chi connectivity index (χ4v) is 1.89. The lowest BCUT2D eigenvalue weighted by atomic mass is 10.2. The third kappa shape index (κ3) is 4.34. The predicted molar refractivity (Wildman–Crippen MR) is 81.6 cm³/mol. The molecule has 2 rings (SSSR count). The molecule has 2 N–H and O–H groups in total. The van der Waals surface area contributed by atoms with Crippen molar-refractivity contribution in [3.8, 4) is 5.75 Å². The molecular formula is C15H18N4O3. The van der Waals surface area contributed by atoms with Crippen LogP contribution >= 0.6 is 0 Å². The highest BCUT2D eigenvalue weighted by Crippen LogP contribution is 2.24. The van der Waals surface area contributed by atoms with Crippen molar-refractivity contribution in [1.29, 1.82) is 0 Å². The fraction of sp³-hybridized carbons (Fsp3) is 0.267. The van der Waals surface area contributed by atoms with E-state index in [4.69, 9.17) is 4.74 Å². The first-order valence-electron chi connectivity index (χ1n) is 6.75. The number of anilines is 1. The van der Waals surface area contributed by atoms with Gasteiger partial charge in [0.15, 0.2) is 0 Å². The molecule has 0 unspecified atom stereocenters. The summed E-state index contributed by atoms with van der Waals surface area (Å²) in [4.78, 5) is 27.4. The molecule has 0 saturated heterocycles. The van der Waals surface area contributed by atoms with Crippen molar-refractivity contribution in [3.63, 3.8) is 0 Å². The molecule has 0 fully saturated rings. The first-order chi connectivity index (χ1) is 10.6. The Morgan fingerprint density at radius 3 is 2.82 bits per heavy atom. The molecule has 2 aromatic rings. The van der Waals surface area contributed by atoms with Crippen LogP contribution in [0.2, 0.25) is 0 Å². The number of carbonyl (C=O) groups is 2. The van der Waals surface area contributed by atoms with Gasteiger partial charge < -0.3 is 19.9 Å². The summed E-state index contributed by atoms with van der Waals surface area (Å²) in [5.74, 6) is -0.00377. The highest BCUT2D eigenvalue weighted by atomic mass is 16.5. The van der Waals surface area contributed by atoms with Crippen LogP contribution in [-0.2, 0) is 16.1 Å². The molecule has 7 nitrogen and oxygen atoms in total. The Kier molecular flexibility index (Phi) is 5.13. The maximum absolute atomic E-state index is 11.9. The van der Waals surface area contributed by atoms with Crippen LogP contribution in [0.4, 0.5) is 5.69 Å². The van der Waals surface area contributed by atoms with Gasteiger partial charge in [-0.05, 0) is 24.6 Å². The minimum absolute atomic E-state index is 0.107. The number of imidazole rings is 1. The van der Waals surface area contributed by atoms with Gasteiger partial charge in [-0.1, -0.05) is 6.07 Å². The van der Waals surface area contributed by atoms with Gasteiger partial charge in [0, 0.05) is 12.4 Å². The van der Waals surface area contributed by atoms with E-state index in [9.17, 15) is 9.59 Å². The molecular weight excluding hydrogens is 284 g/mol. The van der Waals surface area contributed by atoms with Gasteiger partial charge in [0.25, 0.3) is 0 Å². The van der Waals surface area contributed by atoms with Crippen molar-refractivity contribution in [3.05, 3.63) is 42.5 Å². The number of methoxy groups -OCH3 is 1. The van der Waals surface area contributed by atoms with E-state index in [2.05, 4.69) is 15.6 Å². The van der Waals surface area contributed by atoms with E-state index in [1.54, 1.807) is 23.0 Å². The normalized spacial score (nSPS) is 10.1. The van der Waals surface area contributed by atoms with Crippen molar-refractivity contribution in [2.24, 2.45) is 0 Å². The number of aromatic nitrogens is 2. The number of amides is 2. The average molecular weight is 302 g/mol. The van der Waals surface area contributed by atoms with Crippen molar-refractivity contribution in [1.82, 2.24) is 14.9 Å². The summed E-state index contributed by atoms with van der Waals surface area (Å²) in [5.41, 5.74) is 1.58. The average Bonchev–Trinajstić information content (AvgIpc) is 2.98. The quantitative estimate of drug-likeness (QED) is 0.832. The van der Waals surface area contributed by atoms with Crippen LogP contribution in [0.1, 0.15) is 5.56 Å². The fourth-order valence-electron chi connectivity index (χ4n) is 1.89. The predicted octanol–water partition coefficient (Wildman–Crippen LogP) is 0.955. The summed E-state index contributed by atoms with van der Waals surface area (Å²) in [6.45, 7) is 1.94. The van der Waals surface area contributed by atoms with Gasteiger partial charge >= 0.3 is 0 Å². The second-order valence-corrected chi connectivity index (χ2v) is 4.76. The molecule has 1 heterocycles. The standard InChI is InChI=1S/C15H18N4O3/c1-11-3-4-13(22-2)12(7-11)18-14(20)8-17-15(21)9-19-6-5-16-10-19/h3-7,10H,8-9H2,1-2H3,(H,17,21)(H,18,20). The van der Waals surface area contributed by atoms with E-state index in [0.717, 1.165) is 5.56 Å². The zero-order valence-corrected chi connectivity index (χ0v) is 12.5. The number of hydrogen-bond acceptors (Lipinski definition) is 4. The summed E-state index contributed by atoms with van der Waals surface area (Å²) in [7, 11) is 1.53. The molecule has 2 amide bonds. The number of nitrogens with one attached hydrogen (secondary N) is 2. The second kappa shape index (κ2) is 7.26. The van der Waals surface area contributed by atoms with Crippen LogP contribution in [0.3, 0.4) is 0 Å². The van der Waals surface area contributed by atoms with Gasteiger partial charge in [0.1, 0.15) is 12.3 Å². The van der Waals surface area contributed by atoms with Crippen LogP contribution in [0.25, 0.3) is 0 Å². The van der Waals surface area contributed by atoms with Crippen LogP contribution in [0.15, 0.2) is 36.9 Å². The Balaban J connectivity index is 1.85. The van der Waals surface area contributed by atoms with Crippen molar-refractivity contribution in [2.75, 3.05) is 19.0 Å². The molecule has 22 heavy (non-hydrogen) atoms. The molecule has 0 bridgehead atoms. The third-order valence-corrected chi connectivity index (χ3v) is 2.96. The smallest absolute Gasteiger partial charge is 0.243 e. The van der Waals surface area contributed by atoms with E-state index in [0.29, 0.717) is 11.4 Å². The van der Waals surface area contributed by atoms with Gasteiger partial charge in [-0.2, -0.15) is 0 Å². The van der Waals surface area contributed by atoms with Crippen LogP contribution < -0.4 is 15.4 Å². The monoisotopic (exact) mass is 302 g/mol. The Morgan fingerprint density at radius 1 is 1.32 bits per heavy atom. The van der Waals surface area contributed by atoms with Crippen molar-refractivity contribution >= 4 is 17.5 Å². The SMILES string of the molecule is COc1ccc(C)cc1NC(=O)CNC(=O)Cn1ccnc1. The molecule has 0 atom stereocenters. The summed E-state index contributed by atoms with van der Waals surface area (Å²) >= 11 is 0. The number of nitrogens with zero attached hydrogens (tertiary/aromatic N) is 2. The molecule has 116 valence electrons. The first-order valence-corrected chi connectivity index (χ1v) is 6.75. The van der Waals surface area contributed by atoms with Gasteiger partial charge in [-0.15, -0.1) is 0 Å². The van der Waals surface area contributed by atoms with Crippen molar-refractivity contribution < 1.29 is 14.3 Å². The van der Waals surface area contributed by atoms with Gasteiger partial charge in [-0.25, -0.2) is 4.98 Å². The number of carbonyl (C=O) groups excluding carboxylic acids is 2. The Labute approximate surface area is 128 Å². The van der Waals surface area contributed by atoms with Gasteiger partial charge in [0.05, 0.1) is 25.7 Å². The maximum atomic E-state index is 11.9. The van der Waals surface area contributed by atoms with E-state index in [1.807, 2.05) is 19.1 Å². The third-order valence-electron chi connectivity index (χ3n) is 2.96. The zero-order chi connectivity index (χ0) is 15.9. The van der Waals surface area contributed by atoms with E-state index >= 15 is 0 Å². The van der Waals surface area contributed by atoms with Crippen LogP contribution in [0.5, 0.6) is 5.75 Å². The summed E-state index contributed by atoms with van der Waals surface area (Å²) < 4.78 is 6.81. The summed E-state index contributed by atoms with van der Waals surface area (Å²) in [6, 6.07) is 5.48. The van der Waals surface area contributed by atoms with Gasteiger partial charge in [0.2, 0.25) is 11.8 Å². The number of hydrogen-bond donors (Lipinski definition) is 2. The first kappa shape index (κ1) is 15.6. The minimum atomic E-state index is -0.317. The summed E-state index contributed by atoms with van der Waals surface area (Å²) in [6.07, 6.45) is 4.80. The molecule has 1 aromatic carbocycles. The van der Waals surface area contributed by atoms with Gasteiger partial charge in [-0.3, -0.25) is 9.59 Å². The zero-order valence-electron chi connectivity index (χ0n) is 12.5. The van der Waals surface area contributed by atoms with Crippen molar-refractivity contribution in [2.45, 2.75) is 13.5 Å². The van der Waals surface area contributed by atoms with E-state index in [-0.39, 0.29) is 24.9 Å². The molecule has 0 aliphatic heterocycles. The molecule has 0 aliphatic rings. The lowest BCUT2D eigenvalue weighted by molar-refractivity contribution is -0.124. The maximum Gasteiger partial charge on any atom is 0.243 e. The molecule has 1 aromatic heterocycles. The summed E-state index contributed by atoms with van der Waals surface area (Å²) in [5, 5.41) is 5.27. The molecule has 7 heteroatoms. The topological polar surface area (TPSA) is 85.3 Å². The number of rotatable bonds is 6. The Morgan fingerprint density at radius 2 is 2.14 bits per heavy atom. The largest absolute Gasteiger partial charge is 0.495 e. The van der Waals surface area contributed by atoms with E-state index < -0.39 is 0 Å². The highest BCUT2D eigenvalue weighted by Gasteiger charge is 2.09. The number of aryl methyl sites for hydroxylation is 1. The number of ether oxygens (including phenoxy) is 1. The number of benzene rings is 1. The lowest BCUT2D eigenvalue weighted by Gasteiger charge is -2.11. The minimum Gasteiger partial charge on any atom is -0.495 e. The Bertz CT molecular complexity index is 653. The highest BCUT2D eigenvalue weighted by molar-refractivity contribution is 5.95. The second-order valence-electron chi connectivity index (χ2n) is 4.76. The van der Waals surface area contributed by atoms with E-state index in [1.165, 1.54) is 13.4 Å². The van der Waals surface area contributed by atoms with Crippen LogP contribution in [-0.4, -0.2) is 35.0 Å². The molecule has 0 spiro atoms. The molecule has 0 radical (unpaired) electrons. The molecule has 0 saturated carbocycles. The molecule has 0 aliphatic carbocycles. The Hall–Kier alpha value is -2.83.